The predicted molar refractivity (Wildman–Crippen MR) is 147 cm³/mol. The van der Waals surface area contributed by atoms with Crippen LogP contribution in [0.25, 0.3) is 0 Å². The van der Waals surface area contributed by atoms with E-state index >= 15 is 0 Å². The number of hydrogen-bond donors (Lipinski definition) is 0. The Balaban J connectivity index is 0.000000641. The molecule has 0 heterocycles. The number of nitrogens with zero attached hydrogens (tertiary/aromatic N) is 1. The van der Waals surface area contributed by atoms with E-state index in [2.05, 4.69) is 47.1 Å². The lowest BCUT2D eigenvalue weighted by Gasteiger charge is -2.22. The summed E-state index contributed by atoms with van der Waals surface area (Å²) in [6.07, 6.45) is 15.4. The van der Waals surface area contributed by atoms with Crippen LogP contribution in [0, 0.1) is 0 Å². The van der Waals surface area contributed by atoms with Crippen molar-refractivity contribution in [1.82, 2.24) is 4.90 Å². The van der Waals surface area contributed by atoms with Crippen molar-refractivity contribution in [2.75, 3.05) is 40.5 Å². The molecule has 196 valence electrons. The van der Waals surface area contributed by atoms with Crippen LogP contribution in [-0.2, 0) is 25.5 Å². The second kappa shape index (κ2) is 23.3. The van der Waals surface area contributed by atoms with Crippen LogP contribution in [-0.4, -0.2) is 57.5 Å². The largest absolute Gasteiger partial charge is 0.466 e. The summed E-state index contributed by atoms with van der Waals surface area (Å²) >= 11 is 0. The van der Waals surface area contributed by atoms with Crippen molar-refractivity contribution in [3.05, 3.63) is 85.0 Å². The maximum atomic E-state index is 10.7. The summed E-state index contributed by atoms with van der Waals surface area (Å²) in [5.41, 5.74) is 2.47. The molecule has 0 radical (unpaired) electrons. The first kappa shape index (κ1) is 32.5. The Morgan fingerprint density at radius 3 is 2.34 bits per heavy atom. The number of allylic oxidation sites excluding steroid dienone is 2. The smallest absolute Gasteiger partial charge is 0.330 e. The number of methoxy groups -OCH3 is 2. The van der Waals surface area contributed by atoms with Crippen molar-refractivity contribution in [1.29, 1.82) is 0 Å². The van der Waals surface area contributed by atoms with Gasteiger partial charge in [0.2, 0.25) is 0 Å². The normalized spacial score (nSPS) is 13.9. The van der Waals surface area contributed by atoms with E-state index in [1.165, 1.54) is 43.6 Å². The van der Waals surface area contributed by atoms with Crippen LogP contribution >= 0.6 is 0 Å². The highest BCUT2D eigenvalue weighted by Crippen LogP contribution is 2.20. The average Bonchev–Trinajstić information content (AvgIpc) is 2.92. The molecule has 5 heteroatoms. The zero-order valence-electron chi connectivity index (χ0n) is 22.4. The maximum absolute atomic E-state index is 10.7. The van der Waals surface area contributed by atoms with Gasteiger partial charge in [-0.05, 0) is 24.0 Å². The number of carbonyl (C=O) groups excluding carboxylic acids is 1. The molecule has 0 spiro atoms. The molecule has 1 fully saturated rings. The van der Waals surface area contributed by atoms with Crippen LogP contribution in [0.15, 0.2) is 79.4 Å². The second-order valence-corrected chi connectivity index (χ2v) is 7.89. The van der Waals surface area contributed by atoms with E-state index in [1.807, 2.05) is 32.1 Å². The van der Waals surface area contributed by atoms with E-state index in [0.29, 0.717) is 12.7 Å². The number of esters is 1. The van der Waals surface area contributed by atoms with Crippen molar-refractivity contribution >= 4 is 5.97 Å². The summed E-state index contributed by atoms with van der Waals surface area (Å²) in [6.45, 7) is 15.5. The molecule has 1 aliphatic carbocycles. The number of rotatable bonds is 13. The Bertz CT molecular complexity index is 721. The Morgan fingerprint density at radius 2 is 1.77 bits per heavy atom. The zero-order valence-corrected chi connectivity index (χ0v) is 22.4. The minimum atomic E-state index is -0.322. The molecule has 1 saturated carbocycles. The summed E-state index contributed by atoms with van der Waals surface area (Å²) in [5, 5.41) is 0. The van der Waals surface area contributed by atoms with Crippen molar-refractivity contribution in [2.45, 2.75) is 58.6 Å². The fraction of sp³-hybridized carbons (Fsp3) is 0.500. The second-order valence-electron chi connectivity index (χ2n) is 7.89. The van der Waals surface area contributed by atoms with Gasteiger partial charge in [0.25, 0.3) is 0 Å². The Hall–Kier alpha value is -2.47. The van der Waals surface area contributed by atoms with Crippen LogP contribution in [0.5, 0.6) is 0 Å². The molecule has 0 N–H and O–H groups in total. The molecule has 0 unspecified atom stereocenters. The monoisotopic (exact) mass is 485 g/mol. The lowest BCUT2D eigenvalue weighted by atomic mass is 9.98. The summed E-state index contributed by atoms with van der Waals surface area (Å²) in [4.78, 5) is 13.0. The number of carbonyl (C=O) groups is 1. The van der Waals surface area contributed by atoms with E-state index in [4.69, 9.17) is 9.47 Å². The summed E-state index contributed by atoms with van der Waals surface area (Å²) in [6, 6.07) is 10.5. The Labute approximate surface area is 214 Å². The van der Waals surface area contributed by atoms with Crippen molar-refractivity contribution in [3.8, 4) is 0 Å². The van der Waals surface area contributed by atoms with Gasteiger partial charge in [-0.2, -0.15) is 0 Å². The predicted octanol–water partition coefficient (Wildman–Crippen LogP) is 6.52. The Morgan fingerprint density at radius 1 is 1.09 bits per heavy atom. The van der Waals surface area contributed by atoms with E-state index < -0.39 is 0 Å². The molecule has 0 amide bonds. The molecule has 1 aromatic carbocycles. The first-order chi connectivity index (χ1) is 17.1. The standard InChI is InChI=1S/C17H23NO.C11H18O3.C2H6/c1-4-9-16(5-2)14-18(12-13-19-3)15-17-10-7-6-8-11-17;1-13-11(12)8-5-9-14-10-6-3-2-4-7-10;1-2/h4-11H,1-2,12-15H2,3H3;5,8,10H,2-4,6-7,9H2,1H3;1-2H3/b16-9+;8-5+;. The van der Waals surface area contributed by atoms with Crippen LogP contribution in [0.4, 0.5) is 0 Å². The van der Waals surface area contributed by atoms with Gasteiger partial charge in [0, 0.05) is 32.8 Å². The molecular weight excluding hydrogens is 438 g/mol. The molecule has 35 heavy (non-hydrogen) atoms. The third kappa shape index (κ3) is 17.6. The molecule has 0 aliphatic heterocycles. The third-order valence-electron chi connectivity index (χ3n) is 5.30. The van der Waals surface area contributed by atoms with Crippen LogP contribution in [0.2, 0.25) is 0 Å². The quantitative estimate of drug-likeness (QED) is 0.181. The minimum Gasteiger partial charge on any atom is -0.466 e. The fourth-order valence-corrected chi connectivity index (χ4v) is 3.51. The number of benzene rings is 1. The fourth-order valence-electron chi connectivity index (χ4n) is 3.51. The van der Waals surface area contributed by atoms with Gasteiger partial charge in [-0.15, -0.1) is 0 Å². The molecule has 2 rings (SSSR count). The number of ether oxygens (including phenoxy) is 3. The van der Waals surface area contributed by atoms with Gasteiger partial charge in [-0.25, -0.2) is 4.79 Å². The van der Waals surface area contributed by atoms with Gasteiger partial charge in [-0.3, -0.25) is 4.90 Å². The molecule has 0 bridgehead atoms. The average molecular weight is 486 g/mol. The van der Waals surface area contributed by atoms with Gasteiger partial charge in [0.05, 0.1) is 26.4 Å². The van der Waals surface area contributed by atoms with E-state index in [9.17, 15) is 4.79 Å². The van der Waals surface area contributed by atoms with Gasteiger partial charge in [-0.1, -0.05) is 101 Å². The third-order valence-corrected chi connectivity index (χ3v) is 5.30. The summed E-state index contributed by atoms with van der Waals surface area (Å²) in [7, 11) is 3.10. The van der Waals surface area contributed by atoms with Gasteiger partial charge in [0.15, 0.2) is 0 Å². The SMILES string of the molecule is C=C/C=C(\C=C)CN(CCOC)Cc1ccccc1.CC.COC(=O)/C=C/COC1CCCCC1. The molecule has 1 aromatic rings. The highest BCUT2D eigenvalue weighted by Gasteiger charge is 2.12. The van der Waals surface area contributed by atoms with E-state index in [1.54, 1.807) is 19.3 Å². The van der Waals surface area contributed by atoms with Gasteiger partial charge >= 0.3 is 5.97 Å². The van der Waals surface area contributed by atoms with Crippen LogP contribution in [0.1, 0.15) is 51.5 Å². The van der Waals surface area contributed by atoms with E-state index in [0.717, 1.165) is 39.1 Å². The van der Waals surface area contributed by atoms with Crippen molar-refractivity contribution < 1.29 is 19.0 Å². The maximum Gasteiger partial charge on any atom is 0.330 e. The van der Waals surface area contributed by atoms with Crippen LogP contribution < -0.4 is 0 Å². The lowest BCUT2D eigenvalue weighted by molar-refractivity contribution is -0.134. The van der Waals surface area contributed by atoms with Gasteiger partial charge < -0.3 is 14.2 Å². The van der Waals surface area contributed by atoms with Crippen LogP contribution in [0.3, 0.4) is 0 Å². The van der Waals surface area contributed by atoms with Crippen molar-refractivity contribution in [2.24, 2.45) is 0 Å². The van der Waals surface area contributed by atoms with E-state index in [-0.39, 0.29) is 5.97 Å². The molecule has 0 aromatic heterocycles. The summed E-state index contributed by atoms with van der Waals surface area (Å²) in [5.74, 6) is -0.322. The molecule has 0 saturated heterocycles. The first-order valence-corrected chi connectivity index (χ1v) is 12.7. The Kier molecular flexibility index (Phi) is 21.6. The minimum absolute atomic E-state index is 0.322. The molecule has 5 nitrogen and oxygen atoms in total. The number of hydrogen-bond acceptors (Lipinski definition) is 5. The zero-order chi connectivity index (χ0) is 26.2. The molecule has 0 atom stereocenters. The lowest BCUT2D eigenvalue weighted by Crippen LogP contribution is -2.28. The first-order valence-electron chi connectivity index (χ1n) is 12.7. The molecule has 1 aliphatic rings. The van der Waals surface area contributed by atoms with Crippen molar-refractivity contribution in [3.63, 3.8) is 0 Å². The molecular formula is C30H47NO4. The topological polar surface area (TPSA) is 48.0 Å². The highest BCUT2D eigenvalue weighted by atomic mass is 16.5. The summed E-state index contributed by atoms with van der Waals surface area (Å²) < 4.78 is 15.2. The van der Waals surface area contributed by atoms with Gasteiger partial charge in [0.1, 0.15) is 0 Å². The highest BCUT2D eigenvalue weighted by molar-refractivity contribution is 5.81.